The van der Waals surface area contributed by atoms with Crippen LogP contribution in [-0.2, 0) is 0 Å². The smallest absolute Gasteiger partial charge is 0.128 e. The van der Waals surface area contributed by atoms with Crippen LogP contribution in [0.15, 0.2) is 24.3 Å². The van der Waals surface area contributed by atoms with Crippen LogP contribution in [0, 0.1) is 11.2 Å². The van der Waals surface area contributed by atoms with E-state index in [9.17, 15) is 4.39 Å². The van der Waals surface area contributed by atoms with Crippen molar-refractivity contribution in [2.24, 2.45) is 11.1 Å². The minimum Gasteiger partial charge on any atom is -0.330 e. The van der Waals surface area contributed by atoms with Gasteiger partial charge in [0.2, 0.25) is 0 Å². The summed E-state index contributed by atoms with van der Waals surface area (Å²) >= 11 is 0. The minimum absolute atomic E-state index is 0.0890. The Bertz CT molecular complexity index is 372. The minimum atomic E-state index is -0.124. The topological polar surface area (TPSA) is 29.3 Å². The predicted octanol–water partition coefficient (Wildman–Crippen LogP) is 2.17. The van der Waals surface area contributed by atoms with Gasteiger partial charge >= 0.3 is 0 Å². The van der Waals surface area contributed by atoms with Gasteiger partial charge in [-0.2, -0.15) is 0 Å². The van der Waals surface area contributed by atoms with Crippen molar-refractivity contribution in [3.8, 4) is 0 Å². The molecule has 1 saturated carbocycles. The summed E-state index contributed by atoms with van der Waals surface area (Å²) in [5, 5.41) is 0. The Hall–Kier alpha value is -0.930. The van der Waals surface area contributed by atoms with Gasteiger partial charge < -0.3 is 10.6 Å². The molecule has 1 aliphatic carbocycles. The second-order valence-electron chi connectivity index (χ2n) is 4.95. The summed E-state index contributed by atoms with van der Waals surface area (Å²) < 4.78 is 13.8. The van der Waals surface area contributed by atoms with E-state index in [-0.39, 0.29) is 17.3 Å². The van der Waals surface area contributed by atoms with Crippen molar-refractivity contribution in [3.63, 3.8) is 0 Å². The quantitative estimate of drug-likeness (QED) is 0.846. The molecular weight excluding hydrogens is 203 g/mol. The summed E-state index contributed by atoms with van der Waals surface area (Å²) in [7, 11) is 3.99. The molecule has 1 unspecified atom stereocenters. The van der Waals surface area contributed by atoms with Crippen LogP contribution in [0.5, 0.6) is 0 Å². The van der Waals surface area contributed by atoms with Crippen molar-refractivity contribution >= 4 is 0 Å². The van der Waals surface area contributed by atoms with Gasteiger partial charge in [0.25, 0.3) is 0 Å². The first-order valence-corrected chi connectivity index (χ1v) is 5.72. The standard InChI is InChI=1S/C13H19FN2/c1-16(2)12(13(9-15)7-8-13)10-5-3-4-6-11(10)14/h3-6,12H,7-9,15H2,1-2H3. The van der Waals surface area contributed by atoms with Gasteiger partial charge in [0, 0.05) is 17.0 Å². The average molecular weight is 222 g/mol. The lowest BCUT2D eigenvalue weighted by Gasteiger charge is -2.32. The number of nitrogens with two attached hydrogens (primary N) is 1. The first-order chi connectivity index (χ1) is 7.60. The van der Waals surface area contributed by atoms with Crippen molar-refractivity contribution in [2.45, 2.75) is 18.9 Å². The molecule has 0 amide bonds. The number of halogens is 1. The van der Waals surface area contributed by atoms with Crippen LogP contribution in [-0.4, -0.2) is 25.5 Å². The summed E-state index contributed by atoms with van der Waals surface area (Å²) in [5.41, 5.74) is 6.71. The zero-order valence-corrected chi connectivity index (χ0v) is 9.91. The molecule has 1 aliphatic rings. The third kappa shape index (κ3) is 1.85. The molecule has 1 fully saturated rings. The Morgan fingerprint density at radius 1 is 1.38 bits per heavy atom. The highest BCUT2D eigenvalue weighted by Crippen LogP contribution is 2.56. The first-order valence-electron chi connectivity index (χ1n) is 5.72. The van der Waals surface area contributed by atoms with E-state index in [1.165, 1.54) is 6.07 Å². The average Bonchev–Trinajstić information content (AvgIpc) is 3.02. The molecule has 0 bridgehead atoms. The van der Waals surface area contributed by atoms with Crippen LogP contribution in [0.3, 0.4) is 0 Å². The zero-order chi connectivity index (χ0) is 11.8. The van der Waals surface area contributed by atoms with Gasteiger partial charge in [-0.25, -0.2) is 4.39 Å². The summed E-state index contributed by atoms with van der Waals surface area (Å²) in [6.45, 7) is 0.629. The normalized spacial score (nSPS) is 19.8. The third-order valence-corrected chi connectivity index (χ3v) is 3.60. The van der Waals surface area contributed by atoms with Crippen molar-refractivity contribution in [3.05, 3.63) is 35.6 Å². The lowest BCUT2D eigenvalue weighted by Crippen LogP contribution is -2.34. The third-order valence-electron chi connectivity index (χ3n) is 3.60. The highest BCUT2D eigenvalue weighted by molar-refractivity contribution is 5.26. The monoisotopic (exact) mass is 222 g/mol. The van der Waals surface area contributed by atoms with E-state index in [1.54, 1.807) is 6.07 Å². The lowest BCUT2D eigenvalue weighted by atomic mass is 9.89. The molecule has 16 heavy (non-hydrogen) atoms. The maximum absolute atomic E-state index is 13.8. The van der Waals surface area contributed by atoms with Crippen molar-refractivity contribution in [1.29, 1.82) is 0 Å². The molecule has 3 heteroatoms. The molecule has 0 heterocycles. The summed E-state index contributed by atoms with van der Waals surface area (Å²) in [5.74, 6) is -0.124. The molecule has 1 aromatic carbocycles. The Labute approximate surface area is 96.2 Å². The zero-order valence-electron chi connectivity index (χ0n) is 9.91. The van der Waals surface area contributed by atoms with Gasteiger partial charge in [-0.05, 0) is 39.5 Å². The number of hydrogen-bond acceptors (Lipinski definition) is 2. The van der Waals surface area contributed by atoms with Gasteiger partial charge in [-0.1, -0.05) is 18.2 Å². The Morgan fingerprint density at radius 3 is 2.44 bits per heavy atom. The number of hydrogen-bond donors (Lipinski definition) is 1. The second-order valence-corrected chi connectivity index (χ2v) is 4.95. The molecule has 88 valence electrons. The molecule has 2 N–H and O–H groups in total. The largest absolute Gasteiger partial charge is 0.330 e. The summed E-state index contributed by atoms with van der Waals surface area (Å²) in [4.78, 5) is 2.08. The van der Waals surface area contributed by atoms with E-state index < -0.39 is 0 Å². The van der Waals surface area contributed by atoms with Crippen LogP contribution in [0.2, 0.25) is 0 Å². The maximum atomic E-state index is 13.8. The van der Waals surface area contributed by atoms with Crippen molar-refractivity contribution in [2.75, 3.05) is 20.6 Å². The SMILES string of the molecule is CN(C)C(c1ccccc1F)C1(CN)CC1. The molecule has 0 saturated heterocycles. The van der Waals surface area contributed by atoms with E-state index in [1.807, 2.05) is 26.2 Å². The number of benzene rings is 1. The molecule has 1 atom stereocenters. The van der Waals surface area contributed by atoms with E-state index in [0.717, 1.165) is 18.4 Å². The molecule has 0 spiro atoms. The Balaban J connectivity index is 2.38. The van der Waals surface area contributed by atoms with Gasteiger partial charge in [0.1, 0.15) is 5.82 Å². The van der Waals surface area contributed by atoms with Crippen LogP contribution in [0.25, 0.3) is 0 Å². The molecule has 0 aliphatic heterocycles. The van der Waals surface area contributed by atoms with E-state index in [2.05, 4.69) is 4.90 Å². The summed E-state index contributed by atoms with van der Waals surface area (Å²) in [6, 6.07) is 7.11. The lowest BCUT2D eigenvalue weighted by molar-refractivity contribution is 0.193. The van der Waals surface area contributed by atoms with Crippen LogP contribution >= 0.6 is 0 Å². The van der Waals surface area contributed by atoms with Gasteiger partial charge in [-0.15, -0.1) is 0 Å². The predicted molar refractivity (Wildman–Crippen MR) is 63.5 cm³/mol. The first kappa shape index (κ1) is 11.6. The Kier molecular flexibility index (Phi) is 3.00. The van der Waals surface area contributed by atoms with Gasteiger partial charge in [0.15, 0.2) is 0 Å². The van der Waals surface area contributed by atoms with E-state index in [4.69, 9.17) is 5.73 Å². The highest BCUT2D eigenvalue weighted by Gasteiger charge is 2.50. The molecule has 2 nitrogen and oxygen atoms in total. The van der Waals surface area contributed by atoms with E-state index >= 15 is 0 Å². The van der Waals surface area contributed by atoms with Crippen LogP contribution in [0.1, 0.15) is 24.4 Å². The molecule has 0 aromatic heterocycles. The number of rotatable bonds is 4. The fourth-order valence-corrected chi connectivity index (χ4v) is 2.60. The number of nitrogens with zero attached hydrogens (tertiary/aromatic N) is 1. The second kappa shape index (κ2) is 4.15. The maximum Gasteiger partial charge on any atom is 0.128 e. The Morgan fingerprint density at radius 2 is 2.00 bits per heavy atom. The van der Waals surface area contributed by atoms with Gasteiger partial charge in [-0.3, -0.25) is 0 Å². The van der Waals surface area contributed by atoms with E-state index in [0.29, 0.717) is 6.54 Å². The molecule has 2 rings (SSSR count). The fourth-order valence-electron chi connectivity index (χ4n) is 2.60. The van der Waals surface area contributed by atoms with Crippen LogP contribution < -0.4 is 5.73 Å². The molecule has 1 aromatic rings. The van der Waals surface area contributed by atoms with Crippen molar-refractivity contribution < 1.29 is 4.39 Å². The van der Waals surface area contributed by atoms with Crippen molar-refractivity contribution in [1.82, 2.24) is 4.90 Å². The van der Waals surface area contributed by atoms with Gasteiger partial charge in [0.05, 0.1) is 0 Å². The fraction of sp³-hybridized carbons (Fsp3) is 0.538. The molecular formula is C13H19FN2. The van der Waals surface area contributed by atoms with Crippen LogP contribution in [0.4, 0.5) is 4.39 Å². The summed E-state index contributed by atoms with van der Waals surface area (Å²) in [6.07, 6.45) is 2.20. The highest BCUT2D eigenvalue weighted by atomic mass is 19.1. The molecule has 0 radical (unpaired) electrons.